The fourth-order valence-corrected chi connectivity index (χ4v) is 3.74. The van der Waals surface area contributed by atoms with E-state index in [1.165, 1.54) is 28.8 Å². The zero-order chi connectivity index (χ0) is 20.0. The van der Waals surface area contributed by atoms with Crippen molar-refractivity contribution in [1.82, 2.24) is 14.7 Å². The Kier molecular flexibility index (Phi) is 9.03. The highest BCUT2D eigenvalue weighted by molar-refractivity contribution is 7.59. The average Bonchev–Trinajstić information content (AvgIpc) is 3.25. The lowest BCUT2D eigenvalue weighted by atomic mass is 9.97. The van der Waals surface area contributed by atoms with Crippen molar-refractivity contribution in [1.29, 1.82) is 0 Å². The van der Waals surface area contributed by atoms with E-state index < -0.39 is 35.8 Å². The predicted molar refractivity (Wildman–Crippen MR) is 128 cm³/mol. The molecule has 31 heavy (non-hydrogen) atoms. The van der Waals surface area contributed by atoms with E-state index in [9.17, 15) is 18.4 Å². The molecule has 1 aliphatic heterocycles. The van der Waals surface area contributed by atoms with Crippen molar-refractivity contribution < 1.29 is 23.1 Å². The Morgan fingerprint density at radius 3 is 2.68 bits per heavy atom. The first kappa shape index (κ1) is 26.9. The van der Waals surface area contributed by atoms with Gasteiger partial charge in [-0.25, -0.2) is 13.8 Å². The monoisotopic (exact) mass is 490 g/mol. The van der Waals surface area contributed by atoms with Crippen molar-refractivity contribution in [3.8, 4) is 5.75 Å². The number of rotatable bonds is 5. The van der Waals surface area contributed by atoms with Crippen LogP contribution in [-0.4, -0.2) is 40.0 Å². The minimum absolute atomic E-state index is 0. The van der Waals surface area contributed by atoms with Gasteiger partial charge < -0.3 is 15.8 Å². The number of fused-ring (bicyclic) bond motifs is 3. The average molecular weight is 491 g/mol. The van der Waals surface area contributed by atoms with Gasteiger partial charge in [0.2, 0.25) is 0 Å². The number of primary amides is 1. The second-order valence-electron chi connectivity index (χ2n) is 6.75. The lowest BCUT2D eigenvalue weighted by Crippen LogP contribution is -2.34. The van der Waals surface area contributed by atoms with Crippen LogP contribution < -0.4 is 15.8 Å². The van der Waals surface area contributed by atoms with Gasteiger partial charge in [-0.05, 0) is 24.6 Å². The summed E-state index contributed by atoms with van der Waals surface area (Å²) in [5, 5.41) is 2.74. The van der Waals surface area contributed by atoms with Crippen LogP contribution in [0, 0.1) is 11.7 Å². The Balaban J connectivity index is 0.00000160. The molecule has 0 aliphatic carbocycles. The number of aromatic nitrogens is 2. The third-order valence-corrected chi connectivity index (χ3v) is 5.16. The van der Waals surface area contributed by atoms with Crippen LogP contribution in [-0.2, 0) is 4.79 Å². The normalized spacial score (nSPS) is 19.8. The Morgan fingerprint density at radius 1 is 1.32 bits per heavy atom. The number of nitrogens with zero attached hydrogens (tertiary/aromatic N) is 2. The van der Waals surface area contributed by atoms with Crippen LogP contribution in [0.5, 0.6) is 5.75 Å². The number of benzene rings is 1. The van der Waals surface area contributed by atoms with E-state index in [2.05, 4.69) is 10.3 Å². The van der Waals surface area contributed by atoms with Gasteiger partial charge in [-0.2, -0.15) is 40.5 Å². The SMILES string of the molecule is CC[C@@H]1[C@H](F)C(=O)N[C@@H]1COc1ccc(F)c2cc(C(N)=O)c3nccn3c12.S.S.S. The Morgan fingerprint density at radius 2 is 2.03 bits per heavy atom. The molecule has 7 nitrogen and oxygen atoms in total. The summed E-state index contributed by atoms with van der Waals surface area (Å²) in [6.07, 6.45) is 1.95. The Labute approximate surface area is 198 Å². The molecule has 0 radical (unpaired) electrons. The van der Waals surface area contributed by atoms with Crippen molar-refractivity contribution in [2.75, 3.05) is 6.61 Å². The van der Waals surface area contributed by atoms with Crippen molar-refractivity contribution in [2.45, 2.75) is 25.6 Å². The summed E-state index contributed by atoms with van der Waals surface area (Å²) in [5.41, 5.74) is 6.13. The highest BCUT2D eigenvalue weighted by atomic mass is 32.1. The molecule has 170 valence electrons. The molecule has 2 amide bonds. The van der Waals surface area contributed by atoms with Gasteiger partial charge in [-0.3, -0.25) is 14.0 Å². The van der Waals surface area contributed by atoms with Crippen LogP contribution in [0.1, 0.15) is 23.7 Å². The summed E-state index contributed by atoms with van der Waals surface area (Å²) in [6, 6.07) is 3.52. The van der Waals surface area contributed by atoms with E-state index in [-0.39, 0.29) is 63.7 Å². The van der Waals surface area contributed by atoms with Gasteiger partial charge in [-0.15, -0.1) is 0 Å². The van der Waals surface area contributed by atoms with E-state index in [4.69, 9.17) is 10.5 Å². The topological polar surface area (TPSA) is 98.7 Å². The quantitative estimate of drug-likeness (QED) is 0.573. The van der Waals surface area contributed by atoms with Crippen molar-refractivity contribution >= 4 is 68.9 Å². The van der Waals surface area contributed by atoms with Gasteiger partial charge in [0.05, 0.1) is 17.1 Å². The molecule has 3 atom stereocenters. The summed E-state index contributed by atoms with van der Waals surface area (Å²) in [4.78, 5) is 27.5. The highest BCUT2D eigenvalue weighted by Crippen LogP contribution is 2.32. The van der Waals surface area contributed by atoms with Gasteiger partial charge >= 0.3 is 0 Å². The van der Waals surface area contributed by atoms with Gasteiger partial charge in [0, 0.05) is 23.7 Å². The van der Waals surface area contributed by atoms with Crippen LogP contribution >= 0.6 is 40.5 Å². The maximum atomic E-state index is 14.5. The third kappa shape index (κ3) is 4.55. The minimum Gasteiger partial charge on any atom is -0.489 e. The molecule has 0 spiro atoms. The zero-order valence-electron chi connectivity index (χ0n) is 16.5. The highest BCUT2D eigenvalue weighted by Gasteiger charge is 2.41. The molecule has 1 aliphatic rings. The standard InChI is InChI=1S/C19H18F2N4O3.3H2S/c1-2-9-13(24-19(27)15(9)21)8-28-14-4-3-12(20)10-7-11(17(22)26)18-23-5-6-25(18)16(10)14;;;/h3-7,9,13,15H,2,8H2,1H3,(H2,22,26)(H,24,27);3*1H2/t9-,13+,15-;;;/m0.../s1. The number of ether oxygens (including phenoxy) is 1. The first-order valence-electron chi connectivity index (χ1n) is 8.87. The summed E-state index contributed by atoms with van der Waals surface area (Å²) < 4.78 is 35.8. The van der Waals surface area contributed by atoms with E-state index in [1.807, 2.05) is 0 Å². The molecule has 0 unspecified atom stereocenters. The maximum Gasteiger partial charge on any atom is 0.255 e. The molecule has 2 aromatic heterocycles. The van der Waals surface area contributed by atoms with Gasteiger partial charge in [0.15, 0.2) is 6.17 Å². The number of carbonyl (C=O) groups is 2. The number of carbonyl (C=O) groups excluding carboxylic acids is 2. The molecular formula is C19H24F2N4O3S3. The second-order valence-corrected chi connectivity index (χ2v) is 6.75. The van der Waals surface area contributed by atoms with Crippen molar-refractivity contribution in [3.05, 3.63) is 42.0 Å². The smallest absolute Gasteiger partial charge is 0.255 e. The van der Waals surface area contributed by atoms with Gasteiger partial charge in [0.25, 0.3) is 11.8 Å². The first-order valence-corrected chi connectivity index (χ1v) is 8.87. The number of alkyl halides is 1. The molecular weight excluding hydrogens is 466 g/mol. The largest absolute Gasteiger partial charge is 0.489 e. The molecule has 1 saturated heterocycles. The molecule has 3 heterocycles. The number of nitrogens with two attached hydrogens (primary N) is 1. The number of pyridine rings is 1. The predicted octanol–water partition coefficient (Wildman–Crippen LogP) is 2.31. The van der Waals surface area contributed by atoms with E-state index in [0.29, 0.717) is 17.7 Å². The van der Waals surface area contributed by atoms with Gasteiger partial charge in [0.1, 0.15) is 23.8 Å². The summed E-state index contributed by atoms with van der Waals surface area (Å²) in [6.45, 7) is 1.83. The van der Waals surface area contributed by atoms with Crippen molar-refractivity contribution in [2.24, 2.45) is 11.7 Å². The van der Waals surface area contributed by atoms with E-state index in [0.717, 1.165) is 0 Å². The molecule has 1 aromatic carbocycles. The fraction of sp³-hybridized carbons (Fsp3) is 0.316. The molecule has 3 aromatic rings. The second kappa shape index (κ2) is 10.4. The Bertz CT molecular complexity index is 1110. The number of hydrogen-bond acceptors (Lipinski definition) is 4. The number of halogens is 2. The number of nitrogens with one attached hydrogen (secondary N) is 1. The lowest BCUT2D eigenvalue weighted by molar-refractivity contribution is -0.123. The van der Waals surface area contributed by atoms with E-state index in [1.54, 1.807) is 13.1 Å². The van der Waals surface area contributed by atoms with Crippen LogP contribution in [0.2, 0.25) is 0 Å². The first-order chi connectivity index (χ1) is 13.4. The van der Waals surface area contributed by atoms with Crippen LogP contribution in [0.3, 0.4) is 0 Å². The van der Waals surface area contributed by atoms with E-state index >= 15 is 0 Å². The van der Waals surface area contributed by atoms with Crippen molar-refractivity contribution in [3.63, 3.8) is 0 Å². The van der Waals surface area contributed by atoms with Crippen LogP contribution in [0.4, 0.5) is 8.78 Å². The molecule has 1 fully saturated rings. The summed E-state index contributed by atoms with van der Waals surface area (Å²) in [7, 11) is 0. The van der Waals surface area contributed by atoms with Crippen LogP contribution in [0.15, 0.2) is 30.6 Å². The zero-order valence-corrected chi connectivity index (χ0v) is 19.5. The summed E-state index contributed by atoms with van der Waals surface area (Å²) >= 11 is 0. The third-order valence-electron chi connectivity index (χ3n) is 5.16. The summed E-state index contributed by atoms with van der Waals surface area (Å²) in [5.74, 6) is -2.09. The number of imidazole rings is 1. The fourth-order valence-electron chi connectivity index (χ4n) is 3.74. The lowest BCUT2D eigenvalue weighted by Gasteiger charge is -2.19. The molecule has 0 saturated carbocycles. The minimum atomic E-state index is -1.57. The maximum absolute atomic E-state index is 14.5. The Hall–Kier alpha value is -2.18. The molecule has 3 N–H and O–H groups in total. The number of hydrogen-bond donors (Lipinski definition) is 2. The molecule has 4 rings (SSSR count). The van der Waals surface area contributed by atoms with Crippen LogP contribution in [0.25, 0.3) is 16.6 Å². The molecule has 0 bridgehead atoms. The number of amides is 2. The molecule has 12 heteroatoms. The van der Waals surface area contributed by atoms with Gasteiger partial charge in [-0.1, -0.05) is 6.92 Å².